The molecule has 2 saturated heterocycles. The molecule has 7 rings (SSSR count). The molecule has 8 nitrogen and oxygen atoms in total. The highest BCUT2D eigenvalue weighted by molar-refractivity contribution is 9.10. The first-order valence-corrected chi connectivity index (χ1v) is 15.8. The van der Waals surface area contributed by atoms with Crippen molar-refractivity contribution in [2.24, 2.45) is 35.0 Å². The molecule has 228 valence electrons. The summed E-state index contributed by atoms with van der Waals surface area (Å²) >= 11 is 3.42. The summed E-state index contributed by atoms with van der Waals surface area (Å²) in [5.41, 5.74) is 1.57. The SMILES string of the molecule is COc1cc(C=C[C@H]2C3=CC[C@@H]4C(=O)N(c5ccc(Br)cc5)C(=O)[C@@H]4[C@@H]3C[C@H]3C(=O)N(c4ccccc4)C(=O)[C@@]23C)ccc1O. The Morgan fingerprint density at radius 2 is 1.60 bits per heavy atom. The molecule has 9 heteroatoms. The minimum absolute atomic E-state index is 0.00949. The van der Waals surface area contributed by atoms with Gasteiger partial charge < -0.3 is 9.84 Å². The third kappa shape index (κ3) is 4.39. The first kappa shape index (κ1) is 29.2. The number of carbonyl (C=O) groups is 4. The molecule has 3 fully saturated rings. The van der Waals surface area contributed by atoms with Crippen LogP contribution in [0, 0.1) is 35.0 Å². The Balaban J connectivity index is 1.33. The van der Waals surface area contributed by atoms with E-state index in [0.29, 0.717) is 30.0 Å². The Bertz CT molecular complexity index is 1800. The van der Waals surface area contributed by atoms with Crippen molar-refractivity contribution >= 4 is 57.0 Å². The van der Waals surface area contributed by atoms with E-state index in [1.54, 1.807) is 60.7 Å². The third-order valence-corrected chi connectivity index (χ3v) is 10.7. The van der Waals surface area contributed by atoms with Gasteiger partial charge >= 0.3 is 0 Å². The summed E-state index contributed by atoms with van der Waals surface area (Å²) in [6.45, 7) is 1.85. The molecule has 2 aliphatic carbocycles. The summed E-state index contributed by atoms with van der Waals surface area (Å²) in [5.74, 6) is -3.54. The quantitative estimate of drug-likeness (QED) is 0.259. The molecule has 0 spiro atoms. The predicted molar refractivity (Wildman–Crippen MR) is 172 cm³/mol. The van der Waals surface area contributed by atoms with Crippen molar-refractivity contribution in [3.05, 3.63) is 101 Å². The number of fused-ring (bicyclic) bond motifs is 4. The first-order chi connectivity index (χ1) is 21.6. The fraction of sp³-hybridized carbons (Fsp3) is 0.278. The van der Waals surface area contributed by atoms with Crippen molar-refractivity contribution in [1.82, 2.24) is 0 Å². The monoisotopic (exact) mass is 666 g/mol. The number of ether oxygens (including phenoxy) is 1. The number of nitrogens with zero attached hydrogens (tertiary/aromatic N) is 2. The van der Waals surface area contributed by atoms with Crippen LogP contribution in [0.5, 0.6) is 11.5 Å². The van der Waals surface area contributed by atoms with E-state index in [1.807, 2.05) is 31.2 Å². The number of halogens is 1. The number of methoxy groups -OCH3 is 1. The van der Waals surface area contributed by atoms with E-state index in [4.69, 9.17) is 4.74 Å². The van der Waals surface area contributed by atoms with Crippen molar-refractivity contribution in [2.75, 3.05) is 16.9 Å². The minimum Gasteiger partial charge on any atom is -0.504 e. The standard InChI is InChI=1S/C36H31BrN2O6/c1-36-27(16-8-20-9-17-29(40)30(18-20)45-2)24-14-15-25-31(34(43)38(32(25)41)23-12-10-21(37)11-13-23)26(24)19-28(36)33(42)39(35(36)44)22-6-4-3-5-7-22/h3-14,16-18,25-28,31,40H,15,19H2,1-2H3/t25-,26+,27-,28-,31-,36-/m0/s1. The Morgan fingerprint density at radius 1 is 0.889 bits per heavy atom. The zero-order chi connectivity index (χ0) is 31.6. The Labute approximate surface area is 269 Å². The van der Waals surface area contributed by atoms with Gasteiger partial charge in [0.15, 0.2) is 11.5 Å². The molecule has 6 atom stereocenters. The fourth-order valence-electron chi connectivity index (χ4n) is 7.89. The van der Waals surface area contributed by atoms with E-state index in [0.717, 1.165) is 15.6 Å². The van der Waals surface area contributed by atoms with Crippen LogP contribution in [0.4, 0.5) is 11.4 Å². The van der Waals surface area contributed by atoms with Crippen LogP contribution < -0.4 is 14.5 Å². The van der Waals surface area contributed by atoms with Crippen LogP contribution in [0.1, 0.15) is 25.3 Å². The van der Waals surface area contributed by atoms with Gasteiger partial charge in [0.25, 0.3) is 0 Å². The van der Waals surface area contributed by atoms with Crippen LogP contribution in [0.15, 0.2) is 95.0 Å². The molecule has 0 unspecified atom stereocenters. The summed E-state index contributed by atoms with van der Waals surface area (Å²) in [7, 11) is 1.47. The van der Waals surface area contributed by atoms with Crippen LogP contribution >= 0.6 is 15.9 Å². The van der Waals surface area contributed by atoms with Gasteiger partial charge in [-0.05, 0) is 79.8 Å². The zero-order valence-corrected chi connectivity index (χ0v) is 26.3. The van der Waals surface area contributed by atoms with Crippen molar-refractivity contribution in [2.45, 2.75) is 19.8 Å². The number of allylic oxidation sites excluding steroid dienone is 3. The molecule has 4 amide bonds. The Hall–Kier alpha value is -4.50. The number of amides is 4. The van der Waals surface area contributed by atoms with Crippen LogP contribution in [0.2, 0.25) is 0 Å². The summed E-state index contributed by atoms with van der Waals surface area (Å²) in [6, 6.07) is 21.0. The number of hydrogen-bond donors (Lipinski definition) is 1. The number of hydrogen-bond acceptors (Lipinski definition) is 6. The molecule has 0 aromatic heterocycles. The highest BCUT2D eigenvalue weighted by Gasteiger charge is 2.66. The van der Waals surface area contributed by atoms with Crippen LogP contribution in [-0.2, 0) is 19.2 Å². The van der Waals surface area contributed by atoms with Gasteiger partial charge in [0.05, 0.1) is 41.7 Å². The van der Waals surface area contributed by atoms with Crippen molar-refractivity contribution in [3.63, 3.8) is 0 Å². The van der Waals surface area contributed by atoms with Gasteiger partial charge in [0.2, 0.25) is 23.6 Å². The number of phenols is 1. The average Bonchev–Trinajstić information content (AvgIpc) is 3.41. The molecule has 2 aliphatic heterocycles. The molecule has 45 heavy (non-hydrogen) atoms. The molecule has 1 N–H and O–H groups in total. The minimum atomic E-state index is -1.11. The van der Waals surface area contributed by atoms with Crippen molar-refractivity contribution < 1.29 is 29.0 Å². The van der Waals surface area contributed by atoms with Gasteiger partial charge in [0, 0.05) is 10.4 Å². The summed E-state index contributed by atoms with van der Waals surface area (Å²) in [6.07, 6.45) is 6.49. The third-order valence-electron chi connectivity index (χ3n) is 10.1. The lowest BCUT2D eigenvalue weighted by Crippen LogP contribution is -2.49. The van der Waals surface area contributed by atoms with Gasteiger partial charge in [-0.1, -0.05) is 64.0 Å². The number of phenolic OH excluding ortho intramolecular Hbond substituents is 1. The van der Waals surface area contributed by atoms with Crippen LogP contribution in [0.25, 0.3) is 6.08 Å². The maximum Gasteiger partial charge on any atom is 0.241 e. The molecule has 3 aromatic rings. The molecule has 2 heterocycles. The van der Waals surface area contributed by atoms with Crippen molar-refractivity contribution in [3.8, 4) is 11.5 Å². The average molecular weight is 668 g/mol. The molecule has 0 bridgehead atoms. The highest BCUT2D eigenvalue weighted by atomic mass is 79.9. The van der Waals surface area contributed by atoms with Gasteiger partial charge in [0.1, 0.15) is 0 Å². The van der Waals surface area contributed by atoms with E-state index in [-0.39, 0.29) is 29.4 Å². The van der Waals surface area contributed by atoms with E-state index in [2.05, 4.69) is 15.9 Å². The lowest BCUT2D eigenvalue weighted by atomic mass is 9.52. The second-order valence-electron chi connectivity index (χ2n) is 12.3. The van der Waals surface area contributed by atoms with Crippen LogP contribution in [-0.4, -0.2) is 35.8 Å². The van der Waals surface area contributed by atoms with Gasteiger partial charge in [-0.15, -0.1) is 0 Å². The first-order valence-electron chi connectivity index (χ1n) is 15.0. The number of aromatic hydroxyl groups is 1. The lowest BCUT2D eigenvalue weighted by Gasteiger charge is -2.47. The second kappa shape index (κ2) is 10.8. The molecular formula is C36H31BrN2O6. The van der Waals surface area contributed by atoms with E-state index >= 15 is 0 Å². The zero-order valence-electron chi connectivity index (χ0n) is 24.7. The van der Waals surface area contributed by atoms with Crippen molar-refractivity contribution in [1.29, 1.82) is 0 Å². The Morgan fingerprint density at radius 3 is 2.31 bits per heavy atom. The smallest absolute Gasteiger partial charge is 0.241 e. The predicted octanol–water partition coefficient (Wildman–Crippen LogP) is 6.14. The number of anilines is 2. The van der Waals surface area contributed by atoms with Gasteiger partial charge in [-0.2, -0.15) is 0 Å². The highest BCUT2D eigenvalue weighted by Crippen LogP contribution is 2.61. The number of imide groups is 2. The fourth-order valence-corrected chi connectivity index (χ4v) is 8.16. The molecule has 3 aromatic carbocycles. The van der Waals surface area contributed by atoms with E-state index in [9.17, 15) is 24.3 Å². The summed E-state index contributed by atoms with van der Waals surface area (Å²) in [4.78, 5) is 59.0. The topological polar surface area (TPSA) is 104 Å². The molecular weight excluding hydrogens is 636 g/mol. The number of rotatable bonds is 5. The summed E-state index contributed by atoms with van der Waals surface area (Å²) < 4.78 is 6.13. The van der Waals surface area contributed by atoms with Crippen LogP contribution in [0.3, 0.4) is 0 Å². The van der Waals surface area contributed by atoms with E-state index < -0.39 is 35.0 Å². The van der Waals surface area contributed by atoms with Gasteiger partial charge in [-0.25, -0.2) is 4.90 Å². The van der Waals surface area contributed by atoms with E-state index in [1.165, 1.54) is 23.0 Å². The molecule has 4 aliphatic rings. The number of carbonyl (C=O) groups excluding carboxylic acids is 4. The van der Waals surface area contributed by atoms with Gasteiger partial charge in [-0.3, -0.25) is 24.1 Å². The Kier molecular flexibility index (Phi) is 7.04. The molecule has 0 radical (unpaired) electrons. The molecule has 1 saturated carbocycles. The largest absolute Gasteiger partial charge is 0.504 e. The number of benzene rings is 3. The number of para-hydroxylation sites is 1. The maximum atomic E-state index is 14.4. The summed E-state index contributed by atoms with van der Waals surface area (Å²) in [5, 5.41) is 10.1. The second-order valence-corrected chi connectivity index (χ2v) is 13.2. The maximum absolute atomic E-state index is 14.4. The normalized spacial score (nSPS) is 29.1. The lowest BCUT2D eigenvalue weighted by molar-refractivity contribution is -0.132.